The number of H-pyrrole nitrogens is 2. The van der Waals surface area contributed by atoms with E-state index >= 15 is 0 Å². The average molecular weight is 740 g/mol. The summed E-state index contributed by atoms with van der Waals surface area (Å²) in [5.41, 5.74) is 14.9. The molecule has 0 spiro atoms. The van der Waals surface area contributed by atoms with E-state index in [1.54, 1.807) is 12.5 Å². The molecule has 6 heterocycles. The number of carbonyl (C=O) groups excluding carboxylic acids is 2. The fourth-order valence-corrected chi connectivity index (χ4v) is 6.87. The molecule has 4 aromatic heterocycles. The zero-order chi connectivity index (χ0) is 36.2. The Labute approximate surface area is 314 Å². The van der Waals surface area contributed by atoms with Gasteiger partial charge >= 0.3 is 23.0 Å². The van der Waals surface area contributed by atoms with Gasteiger partial charge in [0.15, 0.2) is 0 Å². The average Bonchev–Trinajstić information content (AvgIpc) is 3.92. The third-order valence-electron chi connectivity index (χ3n) is 9.93. The van der Waals surface area contributed by atoms with Crippen LogP contribution in [0, 0.1) is 13.8 Å². The number of esters is 1. The van der Waals surface area contributed by atoms with Crippen molar-refractivity contribution >= 4 is 62.3 Å². The van der Waals surface area contributed by atoms with Crippen molar-refractivity contribution in [2.75, 3.05) is 13.7 Å². The van der Waals surface area contributed by atoms with Gasteiger partial charge in [0.25, 0.3) is 0 Å². The van der Waals surface area contributed by atoms with Gasteiger partial charge in [-0.1, -0.05) is 25.3 Å². The quantitative estimate of drug-likeness (QED) is 0.0770. The number of carbonyl (C=O) groups is 2. The first kappa shape index (κ1) is 38.0. The van der Waals surface area contributed by atoms with Crippen LogP contribution < -0.4 is 5.32 Å². The van der Waals surface area contributed by atoms with Gasteiger partial charge < -0.3 is 24.6 Å². The molecular formula is C41H45FeN7O3+2. The number of nitrogens with zero attached hydrogens (tertiary/aromatic N) is 4. The van der Waals surface area contributed by atoms with E-state index in [0.29, 0.717) is 25.8 Å². The zero-order valence-electron chi connectivity index (χ0n) is 30.4. The number of allylic oxidation sites excluding steroid dienone is 5. The standard InChI is InChI=1S/C41H45N7O3.Fe/c1-8-28-24(3)32-19-33-27(6)31(12-14-41(50)51-7)39(46-33)22-38-30(11-13-40(49)43-15-10-17-48-18-16-42-23-48)26(5)35(47-38)21-37-29(9-2)25(4)34(45-37)20-36(28)44-32;/h8-9,16,18-23,45,47H,1-2,10-15,17H2,3-7H3,(H,43,49);/q;+2. The Kier molecular flexibility index (Phi) is 12.0. The number of hydrogen-bond acceptors (Lipinski definition) is 6. The van der Waals surface area contributed by atoms with Gasteiger partial charge in [-0.05, 0) is 105 Å². The van der Waals surface area contributed by atoms with Crippen molar-refractivity contribution in [2.24, 2.45) is 0 Å². The van der Waals surface area contributed by atoms with E-state index in [1.807, 2.05) is 48.9 Å². The number of methoxy groups -OCH3 is 1. The Morgan fingerprint density at radius 3 is 2.27 bits per heavy atom. The smallest absolute Gasteiger partial charge is 0.469 e. The summed E-state index contributed by atoms with van der Waals surface area (Å²) in [6, 6.07) is 8.22. The molecule has 2 aliphatic heterocycles. The predicted octanol–water partition coefficient (Wildman–Crippen LogP) is 7.91. The molecule has 0 aromatic carbocycles. The second-order valence-electron chi connectivity index (χ2n) is 13.0. The molecule has 52 heavy (non-hydrogen) atoms. The molecule has 0 fully saturated rings. The number of aromatic amines is 2. The van der Waals surface area contributed by atoms with Crippen LogP contribution in [0.2, 0.25) is 0 Å². The van der Waals surface area contributed by atoms with Crippen molar-refractivity contribution in [3.8, 4) is 0 Å². The molecule has 4 aromatic rings. The maximum absolute atomic E-state index is 13.0. The minimum Gasteiger partial charge on any atom is -0.469 e. The predicted molar refractivity (Wildman–Crippen MR) is 205 cm³/mol. The van der Waals surface area contributed by atoms with Crippen molar-refractivity contribution in [3.63, 3.8) is 0 Å². The van der Waals surface area contributed by atoms with Crippen LogP contribution in [0.25, 0.3) is 50.4 Å². The molecule has 0 unspecified atom stereocenters. The number of amides is 1. The Morgan fingerprint density at radius 1 is 0.846 bits per heavy atom. The van der Waals surface area contributed by atoms with Crippen molar-refractivity contribution in [2.45, 2.75) is 66.3 Å². The maximum atomic E-state index is 13.0. The number of imidazole rings is 1. The molecule has 2 aliphatic rings. The normalized spacial score (nSPS) is 12.5. The van der Waals surface area contributed by atoms with E-state index in [9.17, 15) is 9.59 Å². The molecule has 10 nitrogen and oxygen atoms in total. The molecule has 3 N–H and O–H groups in total. The molecule has 0 saturated heterocycles. The molecule has 0 atom stereocenters. The fraction of sp³-hybridized carbons (Fsp3) is 0.293. The molecule has 1 amide bonds. The van der Waals surface area contributed by atoms with E-state index in [1.165, 1.54) is 7.11 Å². The van der Waals surface area contributed by atoms with Gasteiger partial charge in [-0.2, -0.15) is 0 Å². The SMILES string of the molecule is C=CC1=C(C)c2cc3nc(cc4[nH]c(cc5[nH]c(cc1n2)c(C)c5C=C)c(C)c4CCC(=O)NCCCn1ccnc1)C(CCC(=O)OC)=C3C.[Fe+2]. The number of aromatic nitrogens is 6. The molecule has 11 heteroatoms. The Bertz CT molecular complexity index is 2270. The van der Waals surface area contributed by atoms with E-state index < -0.39 is 0 Å². The largest absolute Gasteiger partial charge is 2.00 e. The van der Waals surface area contributed by atoms with Crippen molar-refractivity contribution < 1.29 is 31.4 Å². The van der Waals surface area contributed by atoms with Crippen LogP contribution in [0.5, 0.6) is 0 Å². The molecule has 0 radical (unpaired) electrons. The second kappa shape index (κ2) is 16.4. The third-order valence-corrected chi connectivity index (χ3v) is 9.93. The van der Waals surface area contributed by atoms with Crippen LogP contribution in [0.4, 0.5) is 0 Å². The Hall–Kier alpha value is -5.25. The summed E-state index contributed by atoms with van der Waals surface area (Å²) < 4.78 is 6.98. The van der Waals surface area contributed by atoms with Crippen molar-refractivity contribution in [3.05, 3.63) is 107 Å². The first-order chi connectivity index (χ1) is 24.6. The number of nitrogens with one attached hydrogen (secondary N) is 3. The summed E-state index contributed by atoms with van der Waals surface area (Å²) in [4.78, 5) is 46.8. The number of fused-ring (bicyclic) bond motifs is 8. The Balaban J connectivity index is 0.00000523. The topological polar surface area (TPSA) is 131 Å². The number of hydrogen-bond donors (Lipinski definition) is 3. The number of rotatable bonds is 12. The van der Waals surface area contributed by atoms with Gasteiger partial charge in [-0.3, -0.25) is 9.59 Å². The first-order valence-electron chi connectivity index (χ1n) is 17.3. The van der Waals surface area contributed by atoms with Crippen LogP contribution in [0.1, 0.15) is 84.6 Å². The van der Waals surface area contributed by atoms with Crippen molar-refractivity contribution in [1.82, 2.24) is 34.8 Å². The summed E-state index contributed by atoms with van der Waals surface area (Å²) in [5, 5.41) is 3.07. The van der Waals surface area contributed by atoms with Crippen LogP contribution in [0.15, 0.2) is 62.2 Å². The van der Waals surface area contributed by atoms with Crippen LogP contribution in [-0.4, -0.2) is 55.0 Å². The van der Waals surface area contributed by atoms with Gasteiger partial charge in [0.2, 0.25) is 5.91 Å². The molecule has 6 rings (SSSR count). The summed E-state index contributed by atoms with van der Waals surface area (Å²) >= 11 is 0. The maximum Gasteiger partial charge on any atom is 2.00 e. The van der Waals surface area contributed by atoms with E-state index in [4.69, 9.17) is 14.7 Å². The van der Waals surface area contributed by atoms with Gasteiger partial charge in [0, 0.05) is 71.5 Å². The molecular weight excluding hydrogens is 694 g/mol. The summed E-state index contributed by atoms with van der Waals surface area (Å²) in [5.74, 6) is -0.281. The van der Waals surface area contributed by atoms with E-state index in [2.05, 4.69) is 59.4 Å². The summed E-state index contributed by atoms with van der Waals surface area (Å²) in [7, 11) is 1.40. The second-order valence-corrected chi connectivity index (χ2v) is 13.0. The minimum atomic E-state index is -0.280. The van der Waals surface area contributed by atoms with Gasteiger partial charge in [0.1, 0.15) is 0 Å². The minimum absolute atomic E-state index is 0. The van der Waals surface area contributed by atoms with Crippen molar-refractivity contribution in [1.29, 1.82) is 0 Å². The van der Waals surface area contributed by atoms with Gasteiger partial charge in [-0.15, -0.1) is 0 Å². The van der Waals surface area contributed by atoms with Crippen LogP contribution >= 0.6 is 0 Å². The van der Waals surface area contributed by atoms with Gasteiger partial charge in [-0.25, -0.2) is 15.0 Å². The fourth-order valence-electron chi connectivity index (χ4n) is 6.87. The first-order valence-corrected chi connectivity index (χ1v) is 17.3. The third kappa shape index (κ3) is 7.81. The molecule has 268 valence electrons. The zero-order valence-corrected chi connectivity index (χ0v) is 31.5. The molecule has 8 bridgehead atoms. The van der Waals surface area contributed by atoms with Crippen LogP contribution in [0.3, 0.4) is 0 Å². The number of ether oxygens (including phenoxy) is 1. The number of aryl methyl sites for hydroxylation is 4. The van der Waals surface area contributed by atoms with Crippen LogP contribution in [-0.2, 0) is 44.4 Å². The van der Waals surface area contributed by atoms with E-state index in [-0.39, 0.29) is 35.4 Å². The Morgan fingerprint density at radius 2 is 1.56 bits per heavy atom. The monoisotopic (exact) mass is 739 g/mol. The summed E-state index contributed by atoms with van der Waals surface area (Å²) in [6.45, 7) is 17.8. The molecule has 0 saturated carbocycles. The van der Waals surface area contributed by atoms with Gasteiger partial charge in [0.05, 0.1) is 36.2 Å². The summed E-state index contributed by atoms with van der Waals surface area (Å²) in [6.07, 6.45) is 11.5. The molecule has 0 aliphatic carbocycles. The van der Waals surface area contributed by atoms with E-state index in [0.717, 1.165) is 102 Å².